The van der Waals surface area contributed by atoms with Crippen molar-refractivity contribution in [1.82, 2.24) is 4.98 Å². The van der Waals surface area contributed by atoms with E-state index in [9.17, 15) is 4.79 Å². The first-order valence-corrected chi connectivity index (χ1v) is 9.41. The molecular formula is C21H21N3O2S. The van der Waals surface area contributed by atoms with E-state index in [1.165, 1.54) is 6.92 Å². The molecule has 27 heavy (non-hydrogen) atoms. The van der Waals surface area contributed by atoms with E-state index in [2.05, 4.69) is 27.6 Å². The molecule has 0 unspecified atom stereocenters. The molecule has 0 fully saturated rings. The van der Waals surface area contributed by atoms with Crippen LogP contribution < -0.4 is 5.32 Å². The predicted octanol–water partition coefficient (Wildman–Crippen LogP) is 5.02. The SMILES string of the molecule is CC(=O)Nc1ccc(/C(C)=N/OCc2sc(-c3ccccc3)nc2C)cc1. The minimum Gasteiger partial charge on any atom is -0.390 e. The molecule has 1 aromatic heterocycles. The highest BCUT2D eigenvalue weighted by Gasteiger charge is 2.10. The van der Waals surface area contributed by atoms with E-state index in [1.807, 2.05) is 56.3 Å². The number of nitrogens with one attached hydrogen (secondary N) is 1. The highest BCUT2D eigenvalue weighted by Crippen LogP contribution is 2.28. The van der Waals surface area contributed by atoms with Gasteiger partial charge in [-0.25, -0.2) is 4.98 Å². The second kappa shape index (κ2) is 8.60. The second-order valence-electron chi connectivity index (χ2n) is 6.10. The normalized spacial score (nSPS) is 11.3. The Bertz CT molecular complexity index is 947. The van der Waals surface area contributed by atoms with Crippen molar-refractivity contribution in [1.29, 1.82) is 0 Å². The molecule has 5 nitrogen and oxygen atoms in total. The van der Waals surface area contributed by atoms with E-state index in [-0.39, 0.29) is 5.91 Å². The van der Waals surface area contributed by atoms with Crippen molar-refractivity contribution in [2.45, 2.75) is 27.4 Å². The zero-order chi connectivity index (χ0) is 19.2. The number of amides is 1. The first-order valence-electron chi connectivity index (χ1n) is 8.59. The molecule has 2 aromatic carbocycles. The second-order valence-corrected chi connectivity index (χ2v) is 7.19. The summed E-state index contributed by atoms with van der Waals surface area (Å²) in [6, 6.07) is 17.6. The number of hydrogen-bond donors (Lipinski definition) is 1. The molecular weight excluding hydrogens is 358 g/mol. The third-order valence-electron chi connectivity index (χ3n) is 3.93. The van der Waals surface area contributed by atoms with Crippen LogP contribution in [-0.2, 0) is 16.2 Å². The van der Waals surface area contributed by atoms with Gasteiger partial charge in [-0.1, -0.05) is 47.6 Å². The van der Waals surface area contributed by atoms with Gasteiger partial charge < -0.3 is 10.2 Å². The van der Waals surface area contributed by atoms with Gasteiger partial charge in [0.1, 0.15) is 5.01 Å². The minimum absolute atomic E-state index is 0.0914. The largest absolute Gasteiger partial charge is 0.390 e. The number of aromatic nitrogens is 1. The lowest BCUT2D eigenvalue weighted by atomic mass is 10.1. The molecule has 0 radical (unpaired) electrons. The molecule has 3 aromatic rings. The van der Waals surface area contributed by atoms with Gasteiger partial charge in [-0.2, -0.15) is 0 Å². The first kappa shape index (κ1) is 18.8. The summed E-state index contributed by atoms with van der Waals surface area (Å²) in [4.78, 5) is 22.3. The van der Waals surface area contributed by atoms with E-state index < -0.39 is 0 Å². The summed E-state index contributed by atoms with van der Waals surface area (Å²) in [6.07, 6.45) is 0. The predicted molar refractivity (Wildman–Crippen MR) is 110 cm³/mol. The number of anilines is 1. The molecule has 0 aliphatic heterocycles. The zero-order valence-corrected chi connectivity index (χ0v) is 16.3. The highest BCUT2D eigenvalue weighted by atomic mass is 32.1. The summed E-state index contributed by atoms with van der Waals surface area (Å²) in [7, 11) is 0. The van der Waals surface area contributed by atoms with Gasteiger partial charge >= 0.3 is 0 Å². The van der Waals surface area contributed by atoms with Crippen LogP contribution in [0.15, 0.2) is 59.8 Å². The Morgan fingerprint density at radius 3 is 2.48 bits per heavy atom. The summed E-state index contributed by atoms with van der Waals surface area (Å²) >= 11 is 1.62. The van der Waals surface area contributed by atoms with Crippen molar-refractivity contribution < 1.29 is 9.63 Å². The van der Waals surface area contributed by atoms with Crippen molar-refractivity contribution in [2.24, 2.45) is 5.16 Å². The van der Waals surface area contributed by atoms with Crippen LogP contribution in [0.4, 0.5) is 5.69 Å². The maximum Gasteiger partial charge on any atom is 0.221 e. The lowest BCUT2D eigenvalue weighted by molar-refractivity contribution is -0.114. The monoisotopic (exact) mass is 379 g/mol. The molecule has 1 N–H and O–H groups in total. The van der Waals surface area contributed by atoms with Crippen LogP contribution in [0, 0.1) is 6.92 Å². The Morgan fingerprint density at radius 2 is 1.81 bits per heavy atom. The topological polar surface area (TPSA) is 63.6 Å². The molecule has 1 amide bonds. The Labute approximate surface area is 162 Å². The molecule has 6 heteroatoms. The van der Waals surface area contributed by atoms with Gasteiger partial charge in [-0.15, -0.1) is 11.3 Å². The summed E-state index contributed by atoms with van der Waals surface area (Å²) < 4.78 is 0. The minimum atomic E-state index is -0.0914. The number of thiazole rings is 1. The molecule has 0 saturated heterocycles. The van der Waals surface area contributed by atoms with Gasteiger partial charge in [0.05, 0.1) is 16.3 Å². The number of nitrogens with zero attached hydrogens (tertiary/aromatic N) is 2. The van der Waals surface area contributed by atoms with Crippen LogP contribution in [-0.4, -0.2) is 16.6 Å². The number of aryl methyl sites for hydroxylation is 1. The average Bonchev–Trinajstić information content (AvgIpc) is 3.03. The maximum absolute atomic E-state index is 11.1. The number of rotatable bonds is 6. The Kier molecular flexibility index (Phi) is 5.98. The number of carbonyl (C=O) groups is 1. The smallest absolute Gasteiger partial charge is 0.221 e. The van der Waals surface area contributed by atoms with Gasteiger partial charge in [0.25, 0.3) is 0 Å². The van der Waals surface area contributed by atoms with E-state index >= 15 is 0 Å². The highest BCUT2D eigenvalue weighted by molar-refractivity contribution is 7.15. The lowest BCUT2D eigenvalue weighted by Gasteiger charge is -2.05. The summed E-state index contributed by atoms with van der Waals surface area (Å²) in [5, 5.41) is 7.94. The Hall–Kier alpha value is -2.99. The van der Waals surface area contributed by atoms with Crippen molar-refractivity contribution in [2.75, 3.05) is 5.32 Å². The van der Waals surface area contributed by atoms with Crippen molar-refractivity contribution >= 4 is 28.6 Å². The number of carbonyl (C=O) groups excluding carboxylic acids is 1. The summed E-state index contributed by atoms with van der Waals surface area (Å²) in [5.41, 5.74) is 4.54. The lowest BCUT2D eigenvalue weighted by Crippen LogP contribution is -2.06. The van der Waals surface area contributed by atoms with Crippen LogP contribution in [0.2, 0.25) is 0 Å². The number of oxime groups is 1. The van der Waals surface area contributed by atoms with Gasteiger partial charge in [-0.3, -0.25) is 4.79 Å². The van der Waals surface area contributed by atoms with Crippen molar-refractivity contribution in [3.05, 3.63) is 70.7 Å². The summed E-state index contributed by atoms with van der Waals surface area (Å²) in [5.74, 6) is -0.0914. The zero-order valence-electron chi connectivity index (χ0n) is 15.5. The first-order chi connectivity index (χ1) is 13.0. The van der Waals surface area contributed by atoms with Crippen LogP contribution in [0.1, 0.15) is 30.0 Å². The fourth-order valence-electron chi connectivity index (χ4n) is 2.50. The van der Waals surface area contributed by atoms with Crippen LogP contribution >= 0.6 is 11.3 Å². The van der Waals surface area contributed by atoms with E-state index in [4.69, 9.17) is 4.84 Å². The Balaban J connectivity index is 1.63. The quantitative estimate of drug-likeness (QED) is 0.483. The molecule has 138 valence electrons. The third kappa shape index (κ3) is 5.01. The average molecular weight is 379 g/mol. The van der Waals surface area contributed by atoms with Crippen LogP contribution in [0.25, 0.3) is 10.6 Å². The van der Waals surface area contributed by atoms with Gasteiger partial charge in [0.2, 0.25) is 5.91 Å². The molecule has 1 heterocycles. The fourth-order valence-corrected chi connectivity index (χ4v) is 3.48. The molecule has 0 spiro atoms. The van der Waals surface area contributed by atoms with E-state index in [0.29, 0.717) is 6.61 Å². The van der Waals surface area contributed by atoms with Crippen LogP contribution in [0.5, 0.6) is 0 Å². The Morgan fingerprint density at radius 1 is 1.11 bits per heavy atom. The van der Waals surface area contributed by atoms with Crippen molar-refractivity contribution in [3.8, 4) is 10.6 Å². The number of hydrogen-bond acceptors (Lipinski definition) is 5. The van der Waals surface area contributed by atoms with E-state index in [1.54, 1.807) is 11.3 Å². The molecule has 0 saturated carbocycles. The van der Waals surface area contributed by atoms with Crippen LogP contribution in [0.3, 0.4) is 0 Å². The van der Waals surface area contributed by atoms with Gasteiger partial charge in [-0.05, 0) is 31.5 Å². The molecule has 0 aliphatic carbocycles. The molecule has 0 aliphatic rings. The van der Waals surface area contributed by atoms with E-state index in [0.717, 1.165) is 38.1 Å². The standard InChI is InChI=1S/C21H21N3O2S/c1-14(17-9-11-19(12-10-17)23-16(3)25)24-26-13-20-15(2)22-21(27-20)18-7-5-4-6-8-18/h4-12H,13H2,1-3H3,(H,23,25)/b24-14+. The molecule has 0 atom stereocenters. The fraction of sp³-hybridized carbons (Fsp3) is 0.190. The molecule has 3 rings (SSSR count). The van der Waals surface area contributed by atoms with Gasteiger partial charge in [0, 0.05) is 18.2 Å². The third-order valence-corrected chi connectivity index (χ3v) is 5.11. The molecule has 0 bridgehead atoms. The maximum atomic E-state index is 11.1. The van der Waals surface area contributed by atoms with Gasteiger partial charge in [0.15, 0.2) is 6.61 Å². The number of benzene rings is 2. The summed E-state index contributed by atoms with van der Waals surface area (Å²) in [6.45, 7) is 5.75. The van der Waals surface area contributed by atoms with Crippen molar-refractivity contribution in [3.63, 3.8) is 0 Å².